The van der Waals surface area contributed by atoms with Crippen molar-refractivity contribution in [1.82, 2.24) is 30.1 Å². The Morgan fingerprint density at radius 3 is 2.44 bits per heavy atom. The van der Waals surface area contributed by atoms with Crippen LogP contribution in [-0.2, 0) is 4.74 Å². The summed E-state index contributed by atoms with van der Waals surface area (Å²) in [6, 6.07) is 10.7. The number of piperazine rings is 1. The van der Waals surface area contributed by atoms with Gasteiger partial charge in [0.25, 0.3) is 5.91 Å². The molecule has 4 heterocycles. The quantitative estimate of drug-likeness (QED) is 0.445. The zero-order valence-corrected chi connectivity index (χ0v) is 23.2. The maximum atomic E-state index is 13.5. The van der Waals surface area contributed by atoms with E-state index >= 15 is 0 Å². The summed E-state index contributed by atoms with van der Waals surface area (Å²) in [5, 5.41) is 4.02. The Balaban J connectivity index is 1.30. The van der Waals surface area contributed by atoms with E-state index < -0.39 is 0 Å². The number of carbonyl (C=O) groups is 1. The minimum atomic E-state index is -0.120. The molecular weight excluding hydrogens is 494 g/mol. The summed E-state index contributed by atoms with van der Waals surface area (Å²) in [5.74, 6) is 0.845. The monoisotopic (exact) mass is 533 g/mol. The lowest BCUT2D eigenvalue weighted by Gasteiger charge is -2.37. The number of aromatic nitrogens is 3. The highest BCUT2D eigenvalue weighted by atomic mass is 16.5. The Bertz CT molecular complexity index is 1240. The summed E-state index contributed by atoms with van der Waals surface area (Å²) in [7, 11) is 0. The van der Waals surface area contributed by atoms with Gasteiger partial charge < -0.3 is 19.7 Å². The Kier molecular flexibility index (Phi) is 8.85. The second-order valence-electron chi connectivity index (χ2n) is 10.3. The molecule has 39 heavy (non-hydrogen) atoms. The van der Waals surface area contributed by atoms with Crippen molar-refractivity contribution in [2.45, 2.75) is 32.9 Å². The van der Waals surface area contributed by atoms with Crippen molar-refractivity contribution in [3.05, 3.63) is 53.9 Å². The molecule has 1 atom stereocenters. The molecule has 0 saturated carbocycles. The van der Waals surface area contributed by atoms with Gasteiger partial charge in [-0.3, -0.25) is 14.6 Å². The van der Waals surface area contributed by atoms with Gasteiger partial charge >= 0.3 is 6.01 Å². The fourth-order valence-corrected chi connectivity index (χ4v) is 5.32. The molecule has 0 spiro atoms. The number of nitrogens with zero attached hydrogens (tertiary/aromatic N) is 6. The Morgan fingerprint density at radius 1 is 1.00 bits per heavy atom. The summed E-state index contributed by atoms with van der Waals surface area (Å²) >= 11 is 0. The van der Waals surface area contributed by atoms with Gasteiger partial charge in [0.05, 0.1) is 31.4 Å². The minimum Gasteiger partial charge on any atom is -0.464 e. The lowest BCUT2D eigenvalue weighted by molar-refractivity contribution is 0.0160. The first-order valence-electron chi connectivity index (χ1n) is 14.0. The van der Waals surface area contributed by atoms with Crippen LogP contribution in [0.1, 0.15) is 42.7 Å². The number of rotatable bonds is 9. The third-order valence-corrected chi connectivity index (χ3v) is 7.58. The van der Waals surface area contributed by atoms with E-state index in [-0.39, 0.29) is 11.9 Å². The molecule has 208 valence electrons. The van der Waals surface area contributed by atoms with Crippen molar-refractivity contribution in [2.75, 3.05) is 70.5 Å². The first-order valence-corrected chi connectivity index (χ1v) is 14.0. The molecule has 10 heteroatoms. The van der Waals surface area contributed by atoms with Crippen LogP contribution < -0.4 is 15.0 Å². The number of pyridine rings is 1. The summed E-state index contributed by atoms with van der Waals surface area (Å²) in [5.41, 5.74) is 2.39. The number of ether oxygens (including phenoxy) is 2. The Hall–Kier alpha value is -3.34. The molecule has 2 aliphatic rings. The van der Waals surface area contributed by atoms with Gasteiger partial charge in [0, 0.05) is 80.8 Å². The van der Waals surface area contributed by atoms with Crippen LogP contribution in [0.5, 0.6) is 6.01 Å². The third-order valence-electron chi connectivity index (χ3n) is 7.58. The minimum absolute atomic E-state index is 0.0715. The maximum absolute atomic E-state index is 13.5. The molecular formula is C29H39N7O3. The SMILES string of the molecule is CCOc1ncc(C(CNC(=O)c2cccc3nc(N4CCN(C(C)C)CC4)ccc23)N2CCOCC2)cn1. The molecule has 2 aliphatic heterocycles. The van der Waals surface area contributed by atoms with Gasteiger partial charge in [0.2, 0.25) is 0 Å². The first-order chi connectivity index (χ1) is 19.0. The van der Waals surface area contributed by atoms with Gasteiger partial charge in [0.15, 0.2) is 0 Å². The molecule has 10 nitrogen and oxygen atoms in total. The van der Waals surface area contributed by atoms with Gasteiger partial charge in [-0.25, -0.2) is 15.0 Å². The van der Waals surface area contributed by atoms with Crippen LogP contribution in [0.15, 0.2) is 42.7 Å². The largest absolute Gasteiger partial charge is 0.464 e. The molecule has 5 rings (SSSR count). The van der Waals surface area contributed by atoms with Gasteiger partial charge in [0.1, 0.15) is 5.82 Å². The molecule has 1 N–H and O–H groups in total. The average Bonchev–Trinajstić information content (AvgIpc) is 2.98. The van der Waals surface area contributed by atoms with Crippen LogP contribution in [0, 0.1) is 0 Å². The second kappa shape index (κ2) is 12.7. The number of amides is 1. The number of carbonyl (C=O) groups excluding carboxylic acids is 1. The second-order valence-corrected chi connectivity index (χ2v) is 10.3. The molecule has 1 unspecified atom stereocenters. The normalized spacial score (nSPS) is 17.9. The van der Waals surface area contributed by atoms with Crippen molar-refractivity contribution in [3.63, 3.8) is 0 Å². The lowest BCUT2D eigenvalue weighted by atomic mass is 10.1. The molecule has 0 radical (unpaired) electrons. The number of nitrogens with one attached hydrogen (secondary N) is 1. The van der Waals surface area contributed by atoms with Gasteiger partial charge in [-0.15, -0.1) is 0 Å². The van der Waals surface area contributed by atoms with Crippen LogP contribution in [-0.4, -0.2) is 102 Å². The Morgan fingerprint density at radius 2 is 1.74 bits per heavy atom. The zero-order chi connectivity index (χ0) is 27.2. The number of anilines is 1. The highest BCUT2D eigenvalue weighted by molar-refractivity contribution is 6.06. The van der Waals surface area contributed by atoms with Crippen molar-refractivity contribution in [3.8, 4) is 6.01 Å². The number of morpholine rings is 1. The van der Waals surface area contributed by atoms with Gasteiger partial charge in [-0.05, 0) is 45.0 Å². The molecule has 1 amide bonds. The number of hydrogen-bond acceptors (Lipinski definition) is 9. The van der Waals surface area contributed by atoms with E-state index in [9.17, 15) is 4.79 Å². The predicted molar refractivity (Wildman–Crippen MR) is 151 cm³/mol. The van der Waals surface area contributed by atoms with E-state index in [1.807, 2.05) is 37.3 Å². The highest BCUT2D eigenvalue weighted by Crippen LogP contribution is 2.24. The standard InChI is InChI=1S/C29H39N7O3/c1-4-39-29-31-18-22(19-32-29)26(35-14-16-38-17-15-35)20-30-28(37)24-6-5-7-25-23(24)8-9-27(33-25)36-12-10-34(11-13-36)21(2)3/h5-9,18-19,21,26H,4,10-17,20H2,1-3H3,(H,30,37). The number of fused-ring (bicyclic) bond motifs is 1. The molecule has 0 bridgehead atoms. The highest BCUT2D eigenvalue weighted by Gasteiger charge is 2.25. The first kappa shape index (κ1) is 27.2. The van der Waals surface area contributed by atoms with Crippen molar-refractivity contribution in [2.24, 2.45) is 0 Å². The predicted octanol–water partition coefficient (Wildman–Crippen LogP) is 2.76. The Labute approximate surface area is 230 Å². The fraction of sp³-hybridized carbons (Fsp3) is 0.517. The third kappa shape index (κ3) is 6.46. The van der Waals surface area contributed by atoms with Crippen molar-refractivity contribution < 1.29 is 14.3 Å². The van der Waals surface area contributed by atoms with E-state index in [4.69, 9.17) is 14.5 Å². The van der Waals surface area contributed by atoms with Gasteiger partial charge in [-0.1, -0.05) is 6.07 Å². The van der Waals surface area contributed by atoms with Crippen molar-refractivity contribution >= 4 is 22.6 Å². The van der Waals surface area contributed by atoms with E-state index in [0.717, 1.165) is 61.6 Å². The van der Waals surface area contributed by atoms with Crippen LogP contribution in [0.3, 0.4) is 0 Å². The summed E-state index contributed by atoms with van der Waals surface area (Å²) < 4.78 is 11.0. The molecule has 2 fully saturated rings. The van der Waals surface area contributed by atoms with Crippen LogP contribution in [0.25, 0.3) is 10.9 Å². The van der Waals surface area contributed by atoms with Gasteiger partial charge in [-0.2, -0.15) is 0 Å². The molecule has 1 aromatic carbocycles. The number of benzene rings is 1. The average molecular weight is 534 g/mol. The van der Waals surface area contributed by atoms with E-state index in [2.05, 4.69) is 43.8 Å². The fourth-order valence-electron chi connectivity index (χ4n) is 5.32. The topological polar surface area (TPSA) is 95.9 Å². The zero-order valence-electron chi connectivity index (χ0n) is 23.2. The molecule has 2 aromatic heterocycles. The van der Waals surface area contributed by atoms with Crippen molar-refractivity contribution in [1.29, 1.82) is 0 Å². The maximum Gasteiger partial charge on any atom is 0.316 e. The summed E-state index contributed by atoms with van der Waals surface area (Å²) in [4.78, 5) is 34.2. The van der Waals surface area contributed by atoms with E-state index in [1.54, 1.807) is 12.4 Å². The number of hydrogen-bond donors (Lipinski definition) is 1. The van der Waals surface area contributed by atoms with Crippen LogP contribution in [0.2, 0.25) is 0 Å². The van der Waals surface area contributed by atoms with E-state index in [1.165, 1.54) is 0 Å². The summed E-state index contributed by atoms with van der Waals surface area (Å²) in [6.45, 7) is 14.2. The summed E-state index contributed by atoms with van der Waals surface area (Å²) in [6.07, 6.45) is 3.57. The van der Waals surface area contributed by atoms with Crippen LogP contribution >= 0.6 is 0 Å². The molecule has 0 aliphatic carbocycles. The lowest BCUT2D eigenvalue weighted by Crippen LogP contribution is -2.49. The molecule has 2 saturated heterocycles. The van der Waals surface area contributed by atoms with Crippen LogP contribution in [0.4, 0.5) is 5.82 Å². The smallest absolute Gasteiger partial charge is 0.316 e. The molecule has 3 aromatic rings. The van der Waals surface area contributed by atoms with E-state index in [0.29, 0.717) is 44.0 Å².